The molecule has 0 atom stereocenters. The smallest absolute Gasteiger partial charge is 0.141 e. The Morgan fingerprint density at radius 2 is 1.90 bits per heavy atom. The molecular weight excluding hydrogens is 272 g/mol. The minimum atomic E-state index is 0.412. The second-order valence-corrected chi connectivity index (χ2v) is 4.76. The summed E-state index contributed by atoms with van der Waals surface area (Å²) in [6.07, 6.45) is 0.412. The minimum Gasteiger partial charge on any atom is -0.325 e. The van der Waals surface area contributed by atoms with Gasteiger partial charge in [0.2, 0.25) is 0 Å². The third-order valence-corrected chi connectivity index (χ3v) is 3.31. The number of aryl methyl sites for hydroxylation is 1. The zero-order chi connectivity index (χ0) is 14.5. The monoisotopic (exact) mass is 286 g/mol. The summed E-state index contributed by atoms with van der Waals surface area (Å²) in [5, 5.41) is 9.30. The van der Waals surface area contributed by atoms with Crippen molar-refractivity contribution in [2.45, 2.75) is 20.3 Å². The maximum Gasteiger partial charge on any atom is 0.141 e. The van der Waals surface area contributed by atoms with Crippen molar-refractivity contribution in [1.82, 2.24) is 9.97 Å². The zero-order valence-electron chi connectivity index (χ0n) is 11.5. The summed E-state index contributed by atoms with van der Waals surface area (Å²) in [7, 11) is 0. The summed E-state index contributed by atoms with van der Waals surface area (Å²) in [5.41, 5.74) is 1.80. The molecule has 1 heterocycles. The predicted molar refractivity (Wildman–Crippen MR) is 80.2 cm³/mol. The van der Waals surface area contributed by atoms with Crippen LogP contribution in [0.15, 0.2) is 30.3 Å². The topological polar surface area (TPSA) is 52.8 Å². The molecule has 102 valence electrons. The molecule has 20 heavy (non-hydrogen) atoms. The van der Waals surface area contributed by atoms with E-state index in [1.165, 1.54) is 0 Å². The first-order chi connectivity index (χ1) is 9.63. The number of aromatic nitrogens is 2. The molecule has 0 bridgehead atoms. The van der Waals surface area contributed by atoms with E-state index in [0.29, 0.717) is 23.9 Å². The van der Waals surface area contributed by atoms with Gasteiger partial charge in [0.15, 0.2) is 0 Å². The Labute approximate surface area is 123 Å². The number of hydrogen-bond acceptors (Lipinski definition) is 4. The van der Waals surface area contributed by atoms with Crippen molar-refractivity contribution in [1.29, 1.82) is 5.26 Å². The van der Waals surface area contributed by atoms with Gasteiger partial charge in [-0.25, -0.2) is 9.97 Å². The molecule has 2 rings (SSSR count). The van der Waals surface area contributed by atoms with Gasteiger partial charge >= 0.3 is 0 Å². The van der Waals surface area contributed by atoms with Gasteiger partial charge in [-0.1, -0.05) is 29.8 Å². The summed E-state index contributed by atoms with van der Waals surface area (Å²) in [6.45, 7) is 4.26. The number of rotatable bonds is 4. The lowest BCUT2D eigenvalue weighted by Crippen LogP contribution is -2.21. The molecule has 0 unspecified atom stereocenters. The maximum atomic E-state index is 8.85. The number of anilines is 2. The second-order valence-electron chi connectivity index (χ2n) is 4.41. The van der Waals surface area contributed by atoms with Crippen LogP contribution in [-0.2, 0) is 0 Å². The average molecular weight is 287 g/mol. The van der Waals surface area contributed by atoms with E-state index in [1.807, 2.05) is 49.1 Å². The SMILES string of the molecule is Cc1nc(Cl)c(C)c(N(CCC#N)c2ccccc2)n1. The van der Waals surface area contributed by atoms with Crippen molar-refractivity contribution < 1.29 is 0 Å². The lowest BCUT2D eigenvalue weighted by Gasteiger charge is -2.25. The Balaban J connectivity index is 2.50. The van der Waals surface area contributed by atoms with Crippen molar-refractivity contribution in [3.05, 3.63) is 46.9 Å². The van der Waals surface area contributed by atoms with Crippen molar-refractivity contribution in [3.63, 3.8) is 0 Å². The van der Waals surface area contributed by atoms with E-state index in [4.69, 9.17) is 16.9 Å². The first kappa shape index (κ1) is 14.3. The third kappa shape index (κ3) is 3.06. The van der Waals surface area contributed by atoms with Gasteiger partial charge in [0.05, 0.1) is 12.5 Å². The largest absolute Gasteiger partial charge is 0.325 e. The quantitative estimate of drug-likeness (QED) is 0.802. The minimum absolute atomic E-state index is 0.412. The highest BCUT2D eigenvalue weighted by Gasteiger charge is 2.16. The Hall–Kier alpha value is -2.12. The first-order valence-electron chi connectivity index (χ1n) is 6.33. The first-order valence-corrected chi connectivity index (χ1v) is 6.71. The number of benzene rings is 1. The van der Waals surface area contributed by atoms with Gasteiger partial charge in [0.25, 0.3) is 0 Å². The van der Waals surface area contributed by atoms with Crippen LogP contribution in [0.25, 0.3) is 0 Å². The molecule has 0 amide bonds. The maximum absolute atomic E-state index is 8.85. The van der Waals surface area contributed by atoms with Crippen molar-refractivity contribution in [2.24, 2.45) is 0 Å². The van der Waals surface area contributed by atoms with Crippen LogP contribution in [0.4, 0.5) is 11.5 Å². The lowest BCUT2D eigenvalue weighted by molar-refractivity contribution is 0.898. The van der Waals surface area contributed by atoms with Crippen LogP contribution in [0.2, 0.25) is 5.15 Å². The summed E-state index contributed by atoms with van der Waals surface area (Å²) in [5.74, 6) is 1.37. The standard InChI is InChI=1S/C15H15ClN4/c1-11-14(16)18-12(2)19-15(11)20(10-6-9-17)13-7-4-3-5-8-13/h3-5,7-8H,6,10H2,1-2H3. The molecule has 4 nitrogen and oxygen atoms in total. The highest BCUT2D eigenvalue weighted by atomic mass is 35.5. The third-order valence-electron chi connectivity index (χ3n) is 2.94. The van der Waals surface area contributed by atoms with E-state index in [-0.39, 0.29) is 0 Å². The Morgan fingerprint density at radius 1 is 1.20 bits per heavy atom. The molecule has 2 aromatic rings. The fourth-order valence-corrected chi connectivity index (χ4v) is 2.18. The van der Waals surface area contributed by atoms with E-state index in [2.05, 4.69) is 16.0 Å². The average Bonchev–Trinajstić information content (AvgIpc) is 2.45. The molecule has 5 heteroatoms. The normalized spacial score (nSPS) is 10.1. The molecule has 1 aromatic heterocycles. The molecular formula is C15H15ClN4. The Morgan fingerprint density at radius 3 is 2.55 bits per heavy atom. The van der Waals surface area contributed by atoms with Crippen LogP contribution in [0.5, 0.6) is 0 Å². The fraction of sp³-hybridized carbons (Fsp3) is 0.267. The highest BCUT2D eigenvalue weighted by molar-refractivity contribution is 6.30. The number of para-hydroxylation sites is 1. The molecule has 0 fully saturated rings. The van der Waals surface area contributed by atoms with E-state index < -0.39 is 0 Å². The molecule has 1 aromatic carbocycles. The molecule has 0 aliphatic heterocycles. The Kier molecular flexibility index (Phi) is 4.54. The van der Waals surface area contributed by atoms with Gasteiger partial charge in [-0.3, -0.25) is 0 Å². The molecule has 0 saturated heterocycles. The predicted octanol–water partition coefficient (Wildman–Crippen LogP) is 3.80. The number of halogens is 1. The molecule has 0 spiro atoms. The summed E-state index contributed by atoms with van der Waals surface area (Å²) in [4.78, 5) is 10.6. The van der Waals surface area contributed by atoms with Crippen LogP contribution < -0.4 is 4.90 Å². The van der Waals surface area contributed by atoms with Gasteiger partial charge in [-0.15, -0.1) is 0 Å². The molecule has 0 aliphatic carbocycles. The van der Waals surface area contributed by atoms with Crippen LogP contribution in [0.1, 0.15) is 17.8 Å². The Bertz CT molecular complexity index is 634. The van der Waals surface area contributed by atoms with Crippen LogP contribution in [0, 0.1) is 25.2 Å². The number of hydrogen-bond donors (Lipinski definition) is 0. The van der Waals surface area contributed by atoms with Gasteiger partial charge in [0, 0.05) is 17.8 Å². The van der Waals surface area contributed by atoms with Gasteiger partial charge in [-0.2, -0.15) is 5.26 Å². The fourth-order valence-electron chi connectivity index (χ4n) is 1.97. The van der Waals surface area contributed by atoms with E-state index in [1.54, 1.807) is 0 Å². The molecule has 0 radical (unpaired) electrons. The zero-order valence-corrected chi connectivity index (χ0v) is 12.2. The summed E-state index contributed by atoms with van der Waals surface area (Å²) >= 11 is 6.14. The summed E-state index contributed by atoms with van der Waals surface area (Å²) in [6, 6.07) is 12.0. The van der Waals surface area contributed by atoms with E-state index in [0.717, 1.165) is 17.1 Å². The van der Waals surface area contributed by atoms with Gasteiger partial charge < -0.3 is 4.90 Å². The summed E-state index contributed by atoms with van der Waals surface area (Å²) < 4.78 is 0. The lowest BCUT2D eigenvalue weighted by atomic mass is 10.2. The second kappa shape index (κ2) is 6.36. The number of nitrogens with zero attached hydrogens (tertiary/aromatic N) is 4. The van der Waals surface area contributed by atoms with Gasteiger partial charge in [-0.05, 0) is 26.0 Å². The van der Waals surface area contributed by atoms with Crippen molar-refractivity contribution >= 4 is 23.1 Å². The number of nitriles is 1. The highest BCUT2D eigenvalue weighted by Crippen LogP contribution is 2.29. The van der Waals surface area contributed by atoms with Crippen LogP contribution in [0.3, 0.4) is 0 Å². The molecule has 0 saturated carbocycles. The van der Waals surface area contributed by atoms with Crippen molar-refractivity contribution in [3.8, 4) is 6.07 Å². The van der Waals surface area contributed by atoms with Crippen molar-refractivity contribution in [2.75, 3.05) is 11.4 Å². The molecule has 0 N–H and O–H groups in total. The van der Waals surface area contributed by atoms with Gasteiger partial charge in [0.1, 0.15) is 16.8 Å². The van der Waals surface area contributed by atoms with Crippen LogP contribution in [-0.4, -0.2) is 16.5 Å². The molecule has 0 aliphatic rings. The van der Waals surface area contributed by atoms with E-state index >= 15 is 0 Å². The van der Waals surface area contributed by atoms with E-state index in [9.17, 15) is 0 Å². The van der Waals surface area contributed by atoms with Crippen LogP contribution >= 0.6 is 11.6 Å².